The van der Waals surface area contributed by atoms with Crippen LogP contribution < -0.4 is 5.43 Å². The van der Waals surface area contributed by atoms with Gasteiger partial charge in [0.25, 0.3) is 0 Å². The highest BCUT2D eigenvalue weighted by atomic mass is 79.9. The van der Waals surface area contributed by atoms with Crippen LogP contribution in [0.3, 0.4) is 0 Å². The van der Waals surface area contributed by atoms with E-state index in [1.165, 1.54) is 6.20 Å². The SMILES string of the molecule is CCc1ccc2[nH]cc(C(=O)c3cccc(Br)c3)c(=O)c2c1. The average Bonchev–Trinajstić information content (AvgIpc) is 2.54. The molecular formula is C18H14BrNO2. The molecule has 0 spiro atoms. The molecule has 0 amide bonds. The molecule has 3 rings (SSSR count). The largest absolute Gasteiger partial charge is 0.360 e. The standard InChI is InChI=1S/C18H14BrNO2/c1-2-11-6-7-16-14(8-11)18(22)15(10-20-16)17(21)12-4-3-5-13(19)9-12/h3-10H,2H2,1H3,(H,20,22). The predicted octanol–water partition coefficient (Wildman–Crippen LogP) is 4.08. The van der Waals surface area contributed by atoms with Gasteiger partial charge in [-0.05, 0) is 36.2 Å². The van der Waals surface area contributed by atoms with Gasteiger partial charge in [0.05, 0.1) is 5.56 Å². The van der Waals surface area contributed by atoms with E-state index in [-0.39, 0.29) is 16.8 Å². The van der Waals surface area contributed by atoms with Crippen molar-refractivity contribution < 1.29 is 4.79 Å². The minimum atomic E-state index is -0.272. The summed E-state index contributed by atoms with van der Waals surface area (Å²) < 4.78 is 0.809. The summed E-state index contributed by atoms with van der Waals surface area (Å²) in [7, 11) is 0. The molecule has 0 unspecified atom stereocenters. The maximum atomic E-state index is 12.6. The van der Waals surface area contributed by atoms with E-state index in [9.17, 15) is 9.59 Å². The highest BCUT2D eigenvalue weighted by molar-refractivity contribution is 9.10. The number of aromatic amines is 1. The van der Waals surface area contributed by atoms with Crippen molar-refractivity contribution in [3.8, 4) is 0 Å². The van der Waals surface area contributed by atoms with Gasteiger partial charge in [0.2, 0.25) is 5.43 Å². The molecule has 0 aliphatic carbocycles. The number of H-pyrrole nitrogens is 1. The van der Waals surface area contributed by atoms with Crippen molar-refractivity contribution in [2.24, 2.45) is 0 Å². The second kappa shape index (κ2) is 5.89. The summed E-state index contributed by atoms with van der Waals surface area (Å²) in [6.07, 6.45) is 2.35. The van der Waals surface area contributed by atoms with E-state index in [0.717, 1.165) is 22.0 Å². The third-order valence-corrected chi connectivity index (χ3v) is 4.18. The van der Waals surface area contributed by atoms with Crippen LogP contribution >= 0.6 is 15.9 Å². The second-order valence-corrected chi connectivity index (χ2v) is 6.02. The fraction of sp³-hybridized carbons (Fsp3) is 0.111. The predicted molar refractivity (Wildman–Crippen MR) is 91.5 cm³/mol. The van der Waals surface area contributed by atoms with Crippen LogP contribution in [0.2, 0.25) is 0 Å². The van der Waals surface area contributed by atoms with Gasteiger partial charge in [-0.25, -0.2) is 0 Å². The van der Waals surface area contributed by atoms with Gasteiger partial charge in [-0.2, -0.15) is 0 Å². The first-order chi connectivity index (χ1) is 10.6. The molecule has 2 aromatic carbocycles. The number of benzene rings is 2. The summed E-state index contributed by atoms with van der Waals surface area (Å²) >= 11 is 3.34. The highest BCUT2D eigenvalue weighted by Crippen LogP contribution is 2.16. The lowest BCUT2D eigenvalue weighted by Gasteiger charge is -2.05. The first-order valence-corrected chi connectivity index (χ1v) is 7.84. The van der Waals surface area contributed by atoms with Crippen LogP contribution in [0, 0.1) is 0 Å². The molecule has 3 nitrogen and oxygen atoms in total. The molecule has 0 atom stereocenters. The first kappa shape index (κ1) is 14.7. The number of rotatable bonds is 3. The molecule has 1 aromatic heterocycles. The number of carbonyl (C=O) groups excluding carboxylic acids is 1. The molecule has 3 aromatic rings. The van der Waals surface area contributed by atoms with Gasteiger partial charge in [0.1, 0.15) is 0 Å². The smallest absolute Gasteiger partial charge is 0.200 e. The minimum absolute atomic E-state index is 0.166. The number of carbonyl (C=O) groups is 1. The Morgan fingerprint density at radius 1 is 1.18 bits per heavy atom. The first-order valence-electron chi connectivity index (χ1n) is 7.04. The Kier molecular flexibility index (Phi) is 3.94. The van der Waals surface area contributed by atoms with E-state index >= 15 is 0 Å². The molecule has 22 heavy (non-hydrogen) atoms. The van der Waals surface area contributed by atoms with Gasteiger partial charge in [-0.3, -0.25) is 9.59 Å². The van der Waals surface area contributed by atoms with Crippen molar-refractivity contribution in [2.45, 2.75) is 13.3 Å². The Morgan fingerprint density at radius 2 is 2.00 bits per heavy atom. The average molecular weight is 356 g/mol. The summed E-state index contributed by atoms with van der Waals surface area (Å²) in [6, 6.07) is 12.8. The molecule has 0 fully saturated rings. The van der Waals surface area contributed by atoms with E-state index in [4.69, 9.17) is 0 Å². The minimum Gasteiger partial charge on any atom is -0.360 e. The van der Waals surface area contributed by atoms with Gasteiger partial charge in [0.15, 0.2) is 5.78 Å². The van der Waals surface area contributed by atoms with Crippen LogP contribution in [-0.4, -0.2) is 10.8 Å². The van der Waals surface area contributed by atoms with Crippen molar-refractivity contribution in [3.63, 3.8) is 0 Å². The maximum absolute atomic E-state index is 12.6. The fourth-order valence-corrected chi connectivity index (χ4v) is 2.84. The van der Waals surface area contributed by atoms with Gasteiger partial charge in [-0.1, -0.05) is 41.1 Å². The summed E-state index contributed by atoms with van der Waals surface area (Å²) in [5.41, 5.74) is 2.25. The summed E-state index contributed by atoms with van der Waals surface area (Å²) in [6.45, 7) is 2.03. The summed E-state index contributed by atoms with van der Waals surface area (Å²) in [4.78, 5) is 28.3. The number of hydrogen-bond acceptors (Lipinski definition) is 2. The third kappa shape index (κ3) is 2.62. The van der Waals surface area contributed by atoms with Crippen LogP contribution in [0.4, 0.5) is 0 Å². The van der Waals surface area contributed by atoms with Gasteiger partial charge in [0, 0.05) is 27.1 Å². The normalized spacial score (nSPS) is 10.8. The molecule has 0 aliphatic heterocycles. The fourth-order valence-electron chi connectivity index (χ4n) is 2.44. The molecule has 0 saturated carbocycles. The lowest BCUT2D eigenvalue weighted by atomic mass is 10.0. The van der Waals surface area contributed by atoms with Gasteiger partial charge in [-0.15, -0.1) is 0 Å². The molecule has 1 heterocycles. The van der Waals surface area contributed by atoms with Crippen molar-refractivity contribution in [1.82, 2.24) is 4.98 Å². The van der Waals surface area contributed by atoms with Crippen molar-refractivity contribution in [3.05, 3.63) is 80.0 Å². The van der Waals surface area contributed by atoms with Crippen LogP contribution in [0.5, 0.6) is 0 Å². The maximum Gasteiger partial charge on any atom is 0.200 e. The molecule has 0 saturated heterocycles. The van der Waals surface area contributed by atoms with E-state index in [0.29, 0.717) is 10.9 Å². The summed E-state index contributed by atoms with van der Waals surface area (Å²) in [5.74, 6) is -0.272. The number of halogens is 1. The molecule has 1 N–H and O–H groups in total. The monoisotopic (exact) mass is 355 g/mol. The van der Waals surface area contributed by atoms with E-state index in [2.05, 4.69) is 20.9 Å². The van der Waals surface area contributed by atoms with Crippen LogP contribution in [0.1, 0.15) is 28.4 Å². The van der Waals surface area contributed by atoms with Crippen molar-refractivity contribution in [1.29, 1.82) is 0 Å². The Morgan fingerprint density at radius 3 is 2.73 bits per heavy atom. The zero-order valence-electron chi connectivity index (χ0n) is 12.0. The van der Waals surface area contributed by atoms with Crippen molar-refractivity contribution >= 4 is 32.6 Å². The Hall–Kier alpha value is -2.20. The molecule has 0 bridgehead atoms. The van der Waals surface area contributed by atoms with E-state index < -0.39 is 0 Å². The number of fused-ring (bicyclic) bond motifs is 1. The van der Waals surface area contributed by atoms with E-state index in [1.54, 1.807) is 18.2 Å². The lowest BCUT2D eigenvalue weighted by molar-refractivity contribution is 0.103. The van der Waals surface area contributed by atoms with Gasteiger partial charge >= 0.3 is 0 Å². The molecular weight excluding hydrogens is 342 g/mol. The number of nitrogens with one attached hydrogen (secondary N) is 1. The highest BCUT2D eigenvalue weighted by Gasteiger charge is 2.15. The van der Waals surface area contributed by atoms with Gasteiger partial charge < -0.3 is 4.98 Å². The Labute approximate surface area is 136 Å². The third-order valence-electron chi connectivity index (χ3n) is 3.68. The van der Waals surface area contributed by atoms with Crippen molar-refractivity contribution in [2.75, 3.05) is 0 Å². The number of aryl methyl sites for hydroxylation is 1. The van der Waals surface area contributed by atoms with E-state index in [1.807, 2.05) is 31.2 Å². The number of aromatic nitrogens is 1. The molecule has 0 aliphatic rings. The summed E-state index contributed by atoms with van der Waals surface area (Å²) in [5, 5.41) is 0.556. The number of pyridine rings is 1. The second-order valence-electron chi connectivity index (χ2n) is 5.10. The quantitative estimate of drug-likeness (QED) is 0.719. The zero-order valence-corrected chi connectivity index (χ0v) is 13.6. The van der Waals surface area contributed by atoms with Crippen LogP contribution in [-0.2, 0) is 6.42 Å². The Bertz CT molecular complexity index is 928. The van der Waals surface area contributed by atoms with Crippen LogP contribution in [0.15, 0.2) is 57.9 Å². The Balaban J connectivity index is 2.17. The molecule has 0 radical (unpaired) electrons. The lowest BCUT2D eigenvalue weighted by Crippen LogP contribution is -2.16. The number of ketones is 1. The zero-order chi connectivity index (χ0) is 15.7. The van der Waals surface area contributed by atoms with Crippen LogP contribution in [0.25, 0.3) is 10.9 Å². The molecule has 110 valence electrons. The topological polar surface area (TPSA) is 49.9 Å². The molecule has 4 heteroatoms. The number of hydrogen-bond donors (Lipinski definition) is 1.